The first-order chi connectivity index (χ1) is 15.6. The highest BCUT2D eigenvalue weighted by Crippen LogP contribution is 2.37. The molecule has 3 aromatic rings. The number of nitrogens with one attached hydrogen (secondary N) is 1. The number of likely N-dealkylation sites (tertiary alicyclic amines) is 1. The molecule has 1 saturated carbocycles. The molecule has 1 N–H and O–H groups in total. The normalized spacial score (nSPS) is 24.6. The number of rotatable bonds is 5. The highest BCUT2D eigenvalue weighted by Gasteiger charge is 2.36. The van der Waals surface area contributed by atoms with E-state index in [0.29, 0.717) is 24.6 Å². The Morgan fingerprint density at radius 1 is 1.09 bits per heavy atom. The van der Waals surface area contributed by atoms with Crippen LogP contribution >= 0.6 is 0 Å². The molecule has 168 valence electrons. The fourth-order valence-electron chi connectivity index (χ4n) is 5.07. The minimum atomic E-state index is -0.879. The molecule has 2 saturated heterocycles. The zero-order chi connectivity index (χ0) is 21.8. The fourth-order valence-corrected chi connectivity index (χ4v) is 5.07. The summed E-state index contributed by atoms with van der Waals surface area (Å²) in [5, 5.41) is 8.80. The number of piperidine rings is 1. The van der Waals surface area contributed by atoms with E-state index in [4.69, 9.17) is 9.72 Å². The summed E-state index contributed by atoms with van der Waals surface area (Å²) >= 11 is 0. The molecule has 3 aliphatic rings. The summed E-state index contributed by atoms with van der Waals surface area (Å²) in [5.74, 6) is 0.449. The summed E-state index contributed by atoms with van der Waals surface area (Å²) < 4.78 is 22.6. The second kappa shape index (κ2) is 7.78. The maximum absolute atomic E-state index is 15.2. The molecule has 32 heavy (non-hydrogen) atoms. The molecule has 1 aliphatic carbocycles. The zero-order valence-corrected chi connectivity index (χ0v) is 18.6. The smallest absolute Gasteiger partial charge is 0.227 e. The number of hydrogen-bond donors (Lipinski definition) is 1. The van der Waals surface area contributed by atoms with Crippen LogP contribution in [0.25, 0.3) is 10.9 Å². The number of fused-ring (bicyclic) bond motifs is 1. The van der Waals surface area contributed by atoms with Crippen LogP contribution < -0.4 is 5.32 Å². The Morgan fingerprint density at radius 3 is 2.66 bits per heavy atom. The van der Waals surface area contributed by atoms with Gasteiger partial charge >= 0.3 is 0 Å². The number of ether oxygens (including phenoxy) is 1. The molecule has 1 aromatic carbocycles. The van der Waals surface area contributed by atoms with Crippen molar-refractivity contribution in [3.63, 3.8) is 0 Å². The van der Waals surface area contributed by atoms with E-state index in [1.54, 1.807) is 0 Å². The van der Waals surface area contributed by atoms with E-state index in [0.717, 1.165) is 59.6 Å². The van der Waals surface area contributed by atoms with Crippen LogP contribution in [0.2, 0.25) is 0 Å². The van der Waals surface area contributed by atoms with Crippen LogP contribution in [0.1, 0.15) is 48.0 Å². The van der Waals surface area contributed by atoms with Crippen LogP contribution in [-0.4, -0.2) is 63.2 Å². The van der Waals surface area contributed by atoms with Crippen LogP contribution in [0.3, 0.4) is 0 Å². The first-order valence-electron chi connectivity index (χ1n) is 11.6. The first kappa shape index (κ1) is 20.1. The maximum Gasteiger partial charge on any atom is 0.227 e. The number of nitrogens with zero attached hydrogens (tertiary/aromatic N) is 5. The Labute approximate surface area is 187 Å². The number of aromatic nitrogens is 4. The van der Waals surface area contributed by atoms with Gasteiger partial charge in [-0.15, -0.1) is 0 Å². The van der Waals surface area contributed by atoms with Gasteiger partial charge in [0.25, 0.3) is 0 Å². The third-order valence-corrected chi connectivity index (χ3v) is 7.26. The molecule has 2 aromatic heterocycles. The Bertz CT molecular complexity index is 1150. The van der Waals surface area contributed by atoms with Gasteiger partial charge in [-0.05, 0) is 62.9 Å². The molecule has 3 fully saturated rings. The van der Waals surface area contributed by atoms with Gasteiger partial charge in [-0.1, -0.05) is 0 Å². The molecule has 8 heteroatoms. The van der Waals surface area contributed by atoms with Crippen LogP contribution in [0, 0.1) is 13.8 Å². The van der Waals surface area contributed by atoms with Gasteiger partial charge < -0.3 is 10.1 Å². The van der Waals surface area contributed by atoms with Crippen LogP contribution in [0.5, 0.6) is 0 Å². The van der Waals surface area contributed by atoms with E-state index < -0.39 is 6.17 Å². The predicted molar refractivity (Wildman–Crippen MR) is 121 cm³/mol. The second-order valence-corrected chi connectivity index (χ2v) is 9.50. The summed E-state index contributed by atoms with van der Waals surface area (Å²) in [7, 11) is 0. The van der Waals surface area contributed by atoms with E-state index in [-0.39, 0.29) is 5.92 Å². The summed E-state index contributed by atoms with van der Waals surface area (Å²) in [6.07, 6.45) is 6.01. The van der Waals surface area contributed by atoms with E-state index in [1.807, 2.05) is 12.4 Å². The highest BCUT2D eigenvalue weighted by atomic mass is 19.1. The number of aryl methyl sites for hydroxylation is 1. The quantitative estimate of drug-likeness (QED) is 0.651. The second-order valence-electron chi connectivity index (χ2n) is 9.50. The SMILES string of the molecule is Cc1cc2cnc(Nc3cnn(C4CC4)c3C)nc2cc1[C@@H]1CCN(C2COC2)C[C@H]1F. The standard InChI is InChI=1S/C24H29FN6O/c1-14-7-16-9-26-24(29-23-10-27-31(15(23)2)17-3-4-17)28-22(16)8-20(14)19-5-6-30(11-21(19)25)18-12-32-13-18/h7-10,17-19,21H,3-6,11-13H2,1-2H3,(H,26,28,29)/t19-,21+/m0/s1. The minimum absolute atomic E-state index is 0.0953. The maximum atomic E-state index is 15.2. The molecule has 7 nitrogen and oxygen atoms in total. The van der Waals surface area contributed by atoms with Crippen molar-refractivity contribution in [3.05, 3.63) is 41.3 Å². The highest BCUT2D eigenvalue weighted by molar-refractivity contribution is 5.81. The lowest BCUT2D eigenvalue weighted by atomic mass is 9.84. The monoisotopic (exact) mass is 436 g/mol. The Kier molecular flexibility index (Phi) is 4.87. The van der Waals surface area contributed by atoms with Gasteiger partial charge in [0.1, 0.15) is 6.17 Å². The van der Waals surface area contributed by atoms with E-state index in [2.05, 4.69) is 51.0 Å². The lowest BCUT2D eigenvalue weighted by Crippen LogP contribution is -2.54. The molecule has 0 spiro atoms. The Hall–Kier alpha value is -2.58. The van der Waals surface area contributed by atoms with Crippen LogP contribution in [0.4, 0.5) is 16.0 Å². The van der Waals surface area contributed by atoms with E-state index in [1.165, 1.54) is 12.8 Å². The predicted octanol–water partition coefficient (Wildman–Crippen LogP) is 4.05. The van der Waals surface area contributed by atoms with Crippen molar-refractivity contribution in [2.24, 2.45) is 0 Å². The lowest BCUT2D eigenvalue weighted by molar-refractivity contribution is -0.0807. The van der Waals surface area contributed by atoms with Gasteiger partial charge in [-0.3, -0.25) is 9.58 Å². The molecule has 0 radical (unpaired) electrons. The number of hydrogen-bond acceptors (Lipinski definition) is 6. The zero-order valence-electron chi connectivity index (χ0n) is 18.6. The topological polar surface area (TPSA) is 68.1 Å². The minimum Gasteiger partial charge on any atom is -0.378 e. The molecule has 6 rings (SSSR count). The van der Waals surface area contributed by atoms with Gasteiger partial charge in [0, 0.05) is 24.0 Å². The van der Waals surface area contributed by atoms with Crippen LogP contribution in [-0.2, 0) is 4.74 Å². The third-order valence-electron chi connectivity index (χ3n) is 7.26. The molecule has 2 aliphatic heterocycles. The molecule has 0 unspecified atom stereocenters. The van der Waals surface area contributed by atoms with E-state index in [9.17, 15) is 0 Å². The van der Waals surface area contributed by atoms with Gasteiger partial charge in [-0.25, -0.2) is 14.4 Å². The van der Waals surface area contributed by atoms with Gasteiger partial charge in [-0.2, -0.15) is 5.10 Å². The molecule has 2 atom stereocenters. The summed E-state index contributed by atoms with van der Waals surface area (Å²) in [6, 6.07) is 5.08. The molecular weight excluding hydrogens is 407 g/mol. The average molecular weight is 437 g/mol. The summed E-state index contributed by atoms with van der Waals surface area (Å²) in [6.45, 7) is 7.00. The van der Waals surface area contributed by atoms with Crippen molar-refractivity contribution in [3.8, 4) is 0 Å². The van der Waals surface area contributed by atoms with Crippen molar-refractivity contribution in [2.45, 2.75) is 57.3 Å². The average Bonchev–Trinajstić information content (AvgIpc) is 3.51. The number of benzene rings is 1. The third kappa shape index (κ3) is 3.55. The van der Waals surface area contributed by atoms with Gasteiger partial charge in [0.15, 0.2) is 0 Å². The van der Waals surface area contributed by atoms with Crippen molar-refractivity contribution < 1.29 is 9.13 Å². The molecular formula is C24H29FN6O. The molecule has 0 bridgehead atoms. The number of anilines is 2. The van der Waals surface area contributed by atoms with Gasteiger partial charge in [0.2, 0.25) is 5.95 Å². The Morgan fingerprint density at radius 2 is 1.94 bits per heavy atom. The Balaban J connectivity index is 1.25. The summed E-state index contributed by atoms with van der Waals surface area (Å²) in [4.78, 5) is 11.5. The van der Waals surface area contributed by atoms with Gasteiger partial charge in [0.05, 0.1) is 48.4 Å². The fraction of sp³-hybridized carbons (Fsp3) is 0.542. The van der Waals surface area contributed by atoms with Crippen molar-refractivity contribution in [1.82, 2.24) is 24.6 Å². The largest absolute Gasteiger partial charge is 0.378 e. The molecule has 0 amide bonds. The number of alkyl halides is 1. The van der Waals surface area contributed by atoms with Crippen molar-refractivity contribution >= 4 is 22.5 Å². The first-order valence-corrected chi connectivity index (χ1v) is 11.6. The number of halogens is 1. The molecule has 4 heterocycles. The lowest BCUT2D eigenvalue weighted by Gasteiger charge is -2.43. The summed E-state index contributed by atoms with van der Waals surface area (Å²) in [5.41, 5.74) is 5.05. The van der Waals surface area contributed by atoms with Crippen molar-refractivity contribution in [1.29, 1.82) is 0 Å². The van der Waals surface area contributed by atoms with Crippen LogP contribution in [0.15, 0.2) is 24.5 Å². The van der Waals surface area contributed by atoms with Crippen molar-refractivity contribution in [2.75, 3.05) is 31.6 Å². The van der Waals surface area contributed by atoms with E-state index >= 15 is 4.39 Å².